The van der Waals surface area contributed by atoms with Gasteiger partial charge in [0, 0.05) is 18.8 Å². The zero-order valence-corrected chi connectivity index (χ0v) is 11.0. The predicted molar refractivity (Wildman–Crippen MR) is 67.7 cm³/mol. The molecule has 2 nitrogen and oxygen atoms in total. The lowest BCUT2D eigenvalue weighted by molar-refractivity contribution is -0.119. The standard InChI is InChI=1S/C13H18F4N2/c1-3-6-19(9-13(15,16)17)12-5-4-11(14)7-10(12)8-18-2/h4-5,7,18H,3,6,8-9H2,1-2H3. The van der Waals surface area contributed by atoms with Crippen molar-refractivity contribution in [2.75, 3.05) is 25.0 Å². The molecule has 0 atom stereocenters. The molecule has 0 aromatic heterocycles. The highest BCUT2D eigenvalue weighted by Crippen LogP contribution is 2.26. The fraction of sp³-hybridized carbons (Fsp3) is 0.538. The van der Waals surface area contributed by atoms with Crippen LogP contribution < -0.4 is 10.2 Å². The molecule has 0 heterocycles. The van der Waals surface area contributed by atoms with E-state index in [1.807, 2.05) is 6.92 Å². The average molecular weight is 278 g/mol. The Morgan fingerprint density at radius 3 is 2.47 bits per heavy atom. The number of alkyl halides is 3. The van der Waals surface area contributed by atoms with Crippen molar-refractivity contribution < 1.29 is 17.6 Å². The van der Waals surface area contributed by atoms with Crippen LogP contribution in [0.5, 0.6) is 0 Å². The number of nitrogens with one attached hydrogen (secondary N) is 1. The van der Waals surface area contributed by atoms with Crippen molar-refractivity contribution in [2.24, 2.45) is 0 Å². The maximum absolute atomic E-state index is 13.2. The number of nitrogens with zero attached hydrogens (tertiary/aromatic N) is 1. The molecule has 6 heteroatoms. The first-order valence-corrected chi connectivity index (χ1v) is 6.12. The van der Waals surface area contributed by atoms with Crippen molar-refractivity contribution in [3.8, 4) is 0 Å². The van der Waals surface area contributed by atoms with Gasteiger partial charge < -0.3 is 10.2 Å². The largest absolute Gasteiger partial charge is 0.405 e. The first-order chi connectivity index (χ1) is 8.87. The molecule has 0 aliphatic rings. The molecule has 1 N–H and O–H groups in total. The molecule has 1 aromatic carbocycles. The lowest BCUT2D eigenvalue weighted by atomic mass is 10.1. The van der Waals surface area contributed by atoms with E-state index in [4.69, 9.17) is 0 Å². The molecular formula is C13H18F4N2. The molecule has 0 aliphatic heterocycles. The van der Waals surface area contributed by atoms with Crippen molar-refractivity contribution in [3.05, 3.63) is 29.6 Å². The van der Waals surface area contributed by atoms with E-state index in [9.17, 15) is 17.6 Å². The van der Waals surface area contributed by atoms with E-state index < -0.39 is 18.5 Å². The summed E-state index contributed by atoms with van der Waals surface area (Å²) in [5.74, 6) is -0.447. The minimum Gasteiger partial charge on any atom is -0.362 e. The van der Waals surface area contributed by atoms with Crippen molar-refractivity contribution >= 4 is 5.69 Å². The molecule has 0 radical (unpaired) electrons. The fourth-order valence-corrected chi connectivity index (χ4v) is 1.97. The molecule has 1 rings (SSSR count). The molecule has 0 unspecified atom stereocenters. The smallest absolute Gasteiger partial charge is 0.362 e. The lowest BCUT2D eigenvalue weighted by Gasteiger charge is -2.27. The predicted octanol–water partition coefficient (Wildman–Crippen LogP) is 3.32. The zero-order chi connectivity index (χ0) is 14.5. The Labute approximate surface area is 110 Å². The van der Waals surface area contributed by atoms with E-state index >= 15 is 0 Å². The van der Waals surface area contributed by atoms with Gasteiger partial charge in [-0.1, -0.05) is 6.92 Å². The Bertz CT molecular complexity index is 404. The number of rotatable bonds is 6. The Hall–Kier alpha value is -1.30. The third-order valence-electron chi connectivity index (χ3n) is 2.61. The molecule has 0 fully saturated rings. The summed E-state index contributed by atoms with van der Waals surface area (Å²) >= 11 is 0. The highest BCUT2D eigenvalue weighted by atomic mass is 19.4. The molecule has 108 valence electrons. The maximum Gasteiger partial charge on any atom is 0.405 e. The first kappa shape index (κ1) is 15.8. The fourth-order valence-electron chi connectivity index (χ4n) is 1.97. The van der Waals surface area contributed by atoms with E-state index in [1.165, 1.54) is 23.1 Å². The monoisotopic (exact) mass is 278 g/mol. The number of benzene rings is 1. The van der Waals surface area contributed by atoms with Gasteiger partial charge in [-0.25, -0.2) is 4.39 Å². The normalized spacial score (nSPS) is 11.7. The van der Waals surface area contributed by atoms with E-state index in [0.29, 0.717) is 24.2 Å². The molecule has 19 heavy (non-hydrogen) atoms. The Morgan fingerprint density at radius 2 is 1.95 bits per heavy atom. The van der Waals surface area contributed by atoms with Gasteiger partial charge in [0.25, 0.3) is 0 Å². The minimum absolute atomic E-state index is 0.280. The van der Waals surface area contributed by atoms with Gasteiger partial charge in [-0.05, 0) is 37.2 Å². The van der Waals surface area contributed by atoms with Gasteiger partial charge in [0.05, 0.1) is 0 Å². The van der Waals surface area contributed by atoms with E-state index in [2.05, 4.69) is 5.32 Å². The molecule has 0 aliphatic carbocycles. The minimum atomic E-state index is -4.28. The van der Waals surface area contributed by atoms with Crippen LogP contribution in [0.2, 0.25) is 0 Å². The lowest BCUT2D eigenvalue weighted by Crippen LogP contribution is -2.35. The zero-order valence-electron chi connectivity index (χ0n) is 11.0. The average Bonchev–Trinajstić information content (AvgIpc) is 2.27. The highest BCUT2D eigenvalue weighted by Gasteiger charge is 2.31. The summed E-state index contributed by atoms with van der Waals surface area (Å²) in [6, 6.07) is 3.86. The van der Waals surface area contributed by atoms with Crippen molar-refractivity contribution in [3.63, 3.8) is 0 Å². The van der Waals surface area contributed by atoms with Gasteiger partial charge in [-0.15, -0.1) is 0 Å². The van der Waals surface area contributed by atoms with Crippen molar-refractivity contribution in [1.82, 2.24) is 5.32 Å². The van der Waals surface area contributed by atoms with Crippen LogP contribution in [0.15, 0.2) is 18.2 Å². The van der Waals surface area contributed by atoms with E-state index in [-0.39, 0.29) is 6.54 Å². The van der Waals surface area contributed by atoms with Gasteiger partial charge >= 0.3 is 6.18 Å². The third-order valence-corrected chi connectivity index (χ3v) is 2.61. The van der Waals surface area contributed by atoms with Crippen LogP contribution in [-0.2, 0) is 6.54 Å². The van der Waals surface area contributed by atoms with Crippen LogP contribution in [0.1, 0.15) is 18.9 Å². The van der Waals surface area contributed by atoms with Crippen LogP contribution in [0, 0.1) is 5.82 Å². The van der Waals surface area contributed by atoms with Crippen LogP contribution >= 0.6 is 0 Å². The summed E-state index contributed by atoms with van der Waals surface area (Å²) in [5, 5.41) is 2.84. The Morgan fingerprint density at radius 1 is 1.26 bits per heavy atom. The number of anilines is 1. The summed E-state index contributed by atoms with van der Waals surface area (Å²) in [4.78, 5) is 1.24. The highest BCUT2D eigenvalue weighted by molar-refractivity contribution is 5.54. The van der Waals surface area contributed by atoms with Gasteiger partial charge in [0.2, 0.25) is 0 Å². The Balaban J connectivity index is 3.06. The Kier molecular flexibility index (Phi) is 5.60. The second-order valence-corrected chi connectivity index (χ2v) is 4.34. The van der Waals surface area contributed by atoms with Crippen molar-refractivity contribution in [2.45, 2.75) is 26.1 Å². The molecule has 0 bridgehead atoms. The quantitative estimate of drug-likeness (QED) is 0.803. The molecule has 0 amide bonds. The maximum atomic E-state index is 13.2. The van der Waals surface area contributed by atoms with E-state index in [1.54, 1.807) is 7.05 Å². The van der Waals surface area contributed by atoms with E-state index in [0.717, 1.165) is 0 Å². The van der Waals surface area contributed by atoms with Gasteiger partial charge in [0.1, 0.15) is 12.4 Å². The summed E-state index contributed by atoms with van der Waals surface area (Å²) in [6.07, 6.45) is -3.69. The van der Waals surface area contributed by atoms with Crippen LogP contribution in [0.3, 0.4) is 0 Å². The second kappa shape index (κ2) is 6.75. The van der Waals surface area contributed by atoms with Crippen molar-refractivity contribution in [1.29, 1.82) is 0 Å². The topological polar surface area (TPSA) is 15.3 Å². The molecule has 1 aromatic rings. The van der Waals surface area contributed by atoms with Crippen LogP contribution in [-0.4, -0.2) is 26.3 Å². The van der Waals surface area contributed by atoms with Gasteiger partial charge in [-0.3, -0.25) is 0 Å². The van der Waals surface area contributed by atoms with Gasteiger partial charge in [0.15, 0.2) is 0 Å². The number of hydrogen-bond donors (Lipinski definition) is 1. The number of halogens is 4. The van der Waals surface area contributed by atoms with Crippen LogP contribution in [0.4, 0.5) is 23.2 Å². The summed E-state index contributed by atoms with van der Waals surface area (Å²) < 4.78 is 50.9. The second-order valence-electron chi connectivity index (χ2n) is 4.34. The summed E-state index contributed by atoms with van der Waals surface area (Å²) in [6.45, 7) is 1.39. The molecule has 0 spiro atoms. The molecular weight excluding hydrogens is 260 g/mol. The van der Waals surface area contributed by atoms with Crippen LogP contribution in [0.25, 0.3) is 0 Å². The summed E-state index contributed by atoms with van der Waals surface area (Å²) in [7, 11) is 1.67. The SMILES string of the molecule is CCCN(CC(F)(F)F)c1ccc(F)cc1CNC. The molecule has 0 saturated carbocycles. The number of hydrogen-bond acceptors (Lipinski definition) is 2. The van der Waals surface area contributed by atoms with Gasteiger partial charge in [-0.2, -0.15) is 13.2 Å². The molecule has 0 saturated heterocycles. The first-order valence-electron chi connectivity index (χ1n) is 6.12. The third kappa shape index (κ3) is 5.06. The summed E-state index contributed by atoms with van der Waals surface area (Å²) in [5.41, 5.74) is 0.954.